The lowest BCUT2D eigenvalue weighted by Crippen LogP contribution is -2.36. The van der Waals surface area contributed by atoms with Crippen molar-refractivity contribution in [3.05, 3.63) is 40.7 Å². The van der Waals surface area contributed by atoms with Crippen molar-refractivity contribution in [2.45, 2.75) is 53.5 Å². The first-order chi connectivity index (χ1) is 11.1. The normalized spacial score (nSPS) is 12.2. The molecule has 3 aromatic rings. The molecule has 0 bridgehead atoms. The van der Waals surface area contributed by atoms with Gasteiger partial charge in [0, 0.05) is 22.7 Å². The quantitative estimate of drug-likeness (QED) is 0.568. The maximum Gasteiger partial charge on any atom is 0.139 e. The van der Waals surface area contributed by atoms with Crippen LogP contribution >= 0.6 is 23.7 Å². The third kappa shape index (κ3) is 4.56. The fraction of sp³-hybridized carbons (Fsp3) is 0.450. The number of nitrogens with one attached hydrogen (secondary N) is 1. The number of rotatable bonds is 4. The van der Waals surface area contributed by atoms with Crippen LogP contribution < -0.4 is 5.32 Å². The maximum absolute atomic E-state index is 4.90. The zero-order valence-electron chi connectivity index (χ0n) is 15.9. The minimum absolute atomic E-state index is 0. The summed E-state index contributed by atoms with van der Waals surface area (Å²) in [6.45, 7) is 13.5. The highest BCUT2D eigenvalue weighted by Crippen LogP contribution is 2.35. The van der Waals surface area contributed by atoms with Crippen LogP contribution in [0.5, 0.6) is 0 Å². The molecule has 0 aromatic carbocycles. The van der Waals surface area contributed by atoms with Gasteiger partial charge in [0.05, 0.1) is 0 Å². The minimum atomic E-state index is -0.0239. The Bertz CT molecular complexity index is 842. The second-order valence-electron chi connectivity index (χ2n) is 8.50. The predicted octanol–water partition coefficient (Wildman–Crippen LogP) is 6.42. The second kappa shape index (κ2) is 7.00. The van der Waals surface area contributed by atoms with E-state index in [-0.39, 0.29) is 23.4 Å². The van der Waals surface area contributed by atoms with E-state index in [1.165, 1.54) is 11.1 Å². The van der Waals surface area contributed by atoms with Crippen molar-refractivity contribution in [2.24, 2.45) is 5.41 Å². The Balaban J connectivity index is 0.00000225. The molecule has 0 spiro atoms. The number of fused-ring (bicyclic) bond motifs is 1. The lowest BCUT2D eigenvalue weighted by atomic mass is 9.82. The van der Waals surface area contributed by atoms with Gasteiger partial charge in [-0.3, -0.25) is 4.40 Å². The zero-order valence-corrected chi connectivity index (χ0v) is 17.5. The van der Waals surface area contributed by atoms with Gasteiger partial charge in [-0.1, -0.05) is 20.8 Å². The first-order valence-electron chi connectivity index (χ1n) is 8.44. The number of aromatic nitrogens is 2. The van der Waals surface area contributed by atoms with Gasteiger partial charge in [0.1, 0.15) is 17.2 Å². The number of imidazole rings is 1. The molecule has 0 saturated heterocycles. The van der Waals surface area contributed by atoms with Gasteiger partial charge in [-0.15, -0.1) is 12.4 Å². The van der Waals surface area contributed by atoms with Crippen molar-refractivity contribution in [1.82, 2.24) is 9.38 Å². The Morgan fingerprint density at radius 2 is 1.88 bits per heavy atom. The number of thiophene rings is 1. The van der Waals surface area contributed by atoms with E-state index >= 15 is 0 Å². The molecule has 3 aromatic heterocycles. The SMILES string of the molecule is Cc1ccn2c(NC(C)(C)CC(C)(C)C)c(-c3ccsc3)nc2c1.Cl. The summed E-state index contributed by atoms with van der Waals surface area (Å²) in [6.07, 6.45) is 3.19. The van der Waals surface area contributed by atoms with Crippen molar-refractivity contribution >= 4 is 35.2 Å². The summed E-state index contributed by atoms with van der Waals surface area (Å²) in [5.41, 5.74) is 4.66. The van der Waals surface area contributed by atoms with Gasteiger partial charge in [-0.05, 0) is 61.7 Å². The summed E-state index contributed by atoms with van der Waals surface area (Å²) < 4.78 is 2.17. The van der Waals surface area contributed by atoms with Gasteiger partial charge >= 0.3 is 0 Å². The van der Waals surface area contributed by atoms with Crippen LogP contribution in [0.3, 0.4) is 0 Å². The van der Waals surface area contributed by atoms with E-state index in [0.717, 1.165) is 23.6 Å². The second-order valence-corrected chi connectivity index (χ2v) is 9.28. The van der Waals surface area contributed by atoms with Gasteiger partial charge in [0.15, 0.2) is 0 Å². The molecule has 0 fully saturated rings. The molecule has 0 aliphatic carbocycles. The maximum atomic E-state index is 4.90. The molecule has 136 valence electrons. The number of halogens is 1. The molecular formula is C20H28ClN3S. The number of pyridine rings is 1. The van der Waals surface area contributed by atoms with Gasteiger partial charge in [0.2, 0.25) is 0 Å². The lowest BCUT2D eigenvalue weighted by molar-refractivity contribution is 0.302. The third-order valence-corrected chi connectivity index (χ3v) is 4.69. The third-order valence-electron chi connectivity index (χ3n) is 4.01. The average Bonchev–Trinajstić information content (AvgIpc) is 3.03. The first kappa shape index (κ1) is 19.8. The van der Waals surface area contributed by atoms with Gasteiger partial charge < -0.3 is 5.32 Å². The van der Waals surface area contributed by atoms with Gasteiger partial charge in [-0.25, -0.2) is 4.98 Å². The van der Waals surface area contributed by atoms with E-state index < -0.39 is 0 Å². The number of nitrogens with zero attached hydrogens (tertiary/aromatic N) is 2. The molecule has 0 unspecified atom stereocenters. The lowest BCUT2D eigenvalue weighted by Gasteiger charge is -2.34. The number of hydrogen-bond donors (Lipinski definition) is 1. The van der Waals surface area contributed by atoms with Crippen LogP contribution in [0.25, 0.3) is 16.9 Å². The van der Waals surface area contributed by atoms with Gasteiger partial charge in [0.25, 0.3) is 0 Å². The van der Waals surface area contributed by atoms with Gasteiger partial charge in [-0.2, -0.15) is 11.3 Å². The van der Waals surface area contributed by atoms with E-state index in [2.05, 4.69) is 86.4 Å². The predicted molar refractivity (Wildman–Crippen MR) is 112 cm³/mol. The Labute approximate surface area is 160 Å². The van der Waals surface area contributed by atoms with E-state index in [1.54, 1.807) is 11.3 Å². The standard InChI is InChI=1S/C20H27N3S.ClH/c1-14-7-9-23-16(11-14)21-17(15-8-10-24-12-15)18(23)22-20(5,6)13-19(2,3)4;/h7-12,22H,13H2,1-6H3;1H. The largest absolute Gasteiger partial charge is 0.364 e. The van der Waals surface area contributed by atoms with Crippen molar-refractivity contribution in [1.29, 1.82) is 0 Å². The summed E-state index contributed by atoms with van der Waals surface area (Å²) in [4.78, 5) is 4.90. The highest BCUT2D eigenvalue weighted by molar-refractivity contribution is 7.08. The van der Waals surface area contributed by atoms with Crippen LogP contribution in [0.4, 0.5) is 5.82 Å². The Kier molecular flexibility index (Phi) is 5.55. The van der Waals surface area contributed by atoms with Crippen LogP contribution in [-0.4, -0.2) is 14.9 Å². The molecule has 0 aliphatic heterocycles. The minimum Gasteiger partial charge on any atom is -0.364 e. The van der Waals surface area contributed by atoms with Crippen LogP contribution in [0.15, 0.2) is 35.2 Å². The summed E-state index contributed by atoms with van der Waals surface area (Å²) in [5, 5.41) is 8.05. The molecule has 0 amide bonds. The fourth-order valence-electron chi connectivity index (χ4n) is 3.56. The molecule has 3 rings (SSSR count). The molecule has 0 atom stereocenters. The molecule has 0 radical (unpaired) electrons. The smallest absolute Gasteiger partial charge is 0.139 e. The topological polar surface area (TPSA) is 29.3 Å². The Morgan fingerprint density at radius 3 is 2.48 bits per heavy atom. The Morgan fingerprint density at radius 1 is 1.16 bits per heavy atom. The summed E-state index contributed by atoms with van der Waals surface area (Å²) in [5.74, 6) is 1.08. The van der Waals surface area contributed by atoms with E-state index in [9.17, 15) is 0 Å². The first-order valence-corrected chi connectivity index (χ1v) is 9.38. The highest BCUT2D eigenvalue weighted by Gasteiger charge is 2.28. The van der Waals surface area contributed by atoms with Crippen molar-refractivity contribution in [3.63, 3.8) is 0 Å². The van der Waals surface area contributed by atoms with Crippen LogP contribution in [0.1, 0.15) is 46.6 Å². The van der Waals surface area contributed by atoms with E-state index in [4.69, 9.17) is 4.98 Å². The van der Waals surface area contributed by atoms with Crippen molar-refractivity contribution in [2.75, 3.05) is 5.32 Å². The zero-order chi connectivity index (χ0) is 17.5. The monoisotopic (exact) mass is 377 g/mol. The van der Waals surface area contributed by atoms with Crippen LogP contribution in [-0.2, 0) is 0 Å². The van der Waals surface area contributed by atoms with E-state index in [0.29, 0.717) is 0 Å². The summed E-state index contributed by atoms with van der Waals surface area (Å²) in [6, 6.07) is 6.41. The highest BCUT2D eigenvalue weighted by atomic mass is 35.5. The van der Waals surface area contributed by atoms with Crippen molar-refractivity contribution < 1.29 is 0 Å². The van der Waals surface area contributed by atoms with Crippen molar-refractivity contribution in [3.8, 4) is 11.3 Å². The molecule has 5 heteroatoms. The molecule has 25 heavy (non-hydrogen) atoms. The molecule has 3 nitrogen and oxygen atoms in total. The molecule has 0 saturated carbocycles. The molecule has 3 heterocycles. The van der Waals surface area contributed by atoms with Crippen LogP contribution in [0.2, 0.25) is 0 Å². The van der Waals surface area contributed by atoms with E-state index in [1.807, 2.05) is 0 Å². The molecular weight excluding hydrogens is 350 g/mol. The number of hydrogen-bond acceptors (Lipinski definition) is 3. The summed E-state index contributed by atoms with van der Waals surface area (Å²) >= 11 is 1.71. The Hall–Kier alpha value is -1.52. The summed E-state index contributed by atoms with van der Waals surface area (Å²) in [7, 11) is 0. The molecule has 0 aliphatic rings. The fourth-order valence-corrected chi connectivity index (χ4v) is 4.20. The number of anilines is 1. The molecule has 1 N–H and O–H groups in total. The average molecular weight is 378 g/mol. The number of aryl methyl sites for hydroxylation is 1. The van der Waals surface area contributed by atoms with Crippen LogP contribution in [0, 0.1) is 12.3 Å².